The van der Waals surface area contributed by atoms with Gasteiger partial charge in [0.15, 0.2) is 0 Å². The molecule has 0 saturated heterocycles. The largest absolute Gasteiger partial charge is 0.250 e. The molecule has 60 valence electrons. The van der Waals surface area contributed by atoms with E-state index in [2.05, 4.69) is 15.9 Å². The Morgan fingerprint density at radius 3 is 1.60 bits per heavy atom. The molecule has 0 unspecified atom stereocenters. The predicted octanol–water partition coefficient (Wildman–Crippen LogP) is 2.79. The van der Waals surface area contributed by atoms with Gasteiger partial charge in [0.05, 0.1) is 5.41 Å². The molecule has 0 heterocycles. The molecule has 0 aliphatic carbocycles. The second kappa shape index (κ2) is 4.77. The molecule has 0 aliphatic heterocycles. The summed E-state index contributed by atoms with van der Waals surface area (Å²) in [6.07, 6.45) is 1.15. The van der Waals surface area contributed by atoms with E-state index in [9.17, 15) is 13.2 Å². The van der Waals surface area contributed by atoms with Crippen LogP contribution < -0.4 is 0 Å². The molecule has 0 saturated carbocycles. The number of rotatable bonds is 4. The van der Waals surface area contributed by atoms with Crippen LogP contribution in [-0.2, 0) is 0 Å². The highest BCUT2D eigenvalue weighted by atomic mass is 79.9. The summed E-state index contributed by atoms with van der Waals surface area (Å²) in [6.45, 7) is -3.04. The Balaban J connectivity index is 4.15. The average molecular weight is 217 g/mol. The highest BCUT2D eigenvalue weighted by molar-refractivity contribution is 9.11. The van der Waals surface area contributed by atoms with Crippen molar-refractivity contribution in [2.45, 2.75) is 0 Å². The molecular weight excluding hydrogens is 209 g/mol. The Bertz CT molecular complexity index is 101. The Labute approximate surface area is 66.2 Å². The molecule has 0 aromatic carbocycles. The SMILES string of the molecule is FCC(/C=C/Br)(CF)CF. The van der Waals surface area contributed by atoms with Gasteiger partial charge in [-0.25, -0.2) is 13.2 Å². The van der Waals surface area contributed by atoms with E-state index in [-0.39, 0.29) is 0 Å². The van der Waals surface area contributed by atoms with Crippen LogP contribution in [0.3, 0.4) is 0 Å². The fraction of sp³-hybridized carbons (Fsp3) is 0.667. The molecule has 0 amide bonds. The van der Waals surface area contributed by atoms with Crippen molar-refractivity contribution in [1.82, 2.24) is 0 Å². The summed E-state index contributed by atoms with van der Waals surface area (Å²) in [4.78, 5) is 1.27. The first-order valence-corrected chi connectivity index (χ1v) is 3.62. The molecule has 4 heteroatoms. The zero-order valence-corrected chi connectivity index (χ0v) is 6.87. The minimum absolute atomic E-state index is 1.01. The number of hydrogen-bond donors (Lipinski definition) is 0. The highest BCUT2D eigenvalue weighted by Crippen LogP contribution is 2.22. The molecule has 0 bridgehead atoms. The molecule has 0 atom stereocenters. The first-order chi connectivity index (χ1) is 4.74. The number of alkyl halides is 3. The van der Waals surface area contributed by atoms with Crippen LogP contribution in [0.25, 0.3) is 0 Å². The van der Waals surface area contributed by atoms with Gasteiger partial charge in [0.25, 0.3) is 0 Å². The first kappa shape index (κ1) is 10.0. The summed E-state index contributed by atoms with van der Waals surface area (Å²) < 4.78 is 35.8. The highest BCUT2D eigenvalue weighted by Gasteiger charge is 2.27. The van der Waals surface area contributed by atoms with Gasteiger partial charge in [-0.15, -0.1) is 0 Å². The Hall–Kier alpha value is 0.01000. The van der Waals surface area contributed by atoms with Crippen molar-refractivity contribution in [3.05, 3.63) is 11.1 Å². The normalized spacial score (nSPS) is 12.8. The molecule has 0 fully saturated rings. The Morgan fingerprint density at radius 2 is 1.50 bits per heavy atom. The predicted molar refractivity (Wildman–Crippen MR) is 38.4 cm³/mol. The van der Waals surface area contributed by atoms with E-state index >= 15 is 0 Å². The third kappa shape index (κ3) is 2.33. The lowest BCUT2D eigenvalue weighted by atomic mass is 9.94. The van der Waals surface area contributed by atoms with Crippen LogP contribution in [0, 0.1) is 5.41 Å². The van der Waals surface area contributed by atoms with Crippen molar-refractivity contribution in [3.8, 4) is 0 Å². The molecule has 0 rings (SSSR count). The fourth-order valence-corrected chi connectivity index (χ4v) is 0.935. The second-order valence-corrected chi connectivity index (χ2v) is 2.58. The molecule has 0 aromatic rings. The van der Waals surface area contributed by atoms with E-state index in [1.165, 1.54) is 4.99 Å². The quantitative estimate of drug-likeness (QED) is 0.679. The maximum absolute atomic E-state index is 11.9. The van der Waals surface area contributed by atoms with E-state index in [0.717, 1.165) is 6.08 Å². The van der Waals surface area contributed by atoms with Crippen LogP contribution in [0.4, 0.5) is 13.2 Å². The second-order valence-electron chi connectivity index (χ2n) is 2.06. The summed E-state index contributed by atoms with van der Waals surface area (Å²) in [5, 5.41) is 0. The van der Waals surface area contributed by atoms with Gasteiger partial charge in [0.1, 0.15) is 20.0 Å². The average Bonchev–Trinajstić information content (AvgIpc) is 2.01. The van der Waals surface area contributed by atoms with Crippen molar-refractivity contribution in [2.24, 2.45) is 5.41 Å². The van der Waals surface area contributed by atoms with Crippen LogP contribution >= 0.6 is 15.9 Å². The van der Waals surface area contributed by atoms with Gasteiger partial charge in [0.2, 0.25) is 0 Å². The first-order valence-electron chi connectivity index (χ1n) is 2.70. The molecule has 0 N–H and O–H groups in total. The minimum atomic E-state index is -1.55. The van der Waals surface area contributed by atoms with E-state index in [0.29, 0.717) is 0 Å². The Kier molecular flexibility index (Phi) is 4.77. The van der Waals surface area contributed by atoms with Gasteiger partial charge < -0.3 is 0 Å². The standard InChI is InChI=1S/C6H8BrF3/c7-2-1-6(3-8,4-9)5-10/h1-2H,3-5H2/b2-1+. The maximum atomic E-state index is 11.9. The summed E-state index contributed by atoms with van der Waals surface area (Å²) in [5.41, 5.74) is -1.55. The van der Waals surface area contributed by atoms with Crippen LogP contribution in [0.5, 0.6) is 0 Å². The molecule has 0 aliphatic rings. The zero-order chi connectivity index (χ0) is 8.04. The van der Waals surface area contributed by atoms with Crippen molar-refractivity contribution in [2.75, 3.05) is 20.0 Å². The lowest BCUT2D eigenvalue weighted by molar-refractivity contribution is 0.164. The minimum Gasteiger partial charge on any atom is -0.250 e. The van der Waals surface area contributed by atoms with Crippen molar-refractivity contribution in [3.63, 3.8) is 0 Å². The van der Waals surface area contributed by atoms with Crippen molar-refractivity contribution < 1.29 is 13.2 Å². The van der Waals surface area contributed by atoms with E-state index < -0.39 is 25.4 Å². The smallest absolute Gasteiger partial charge is 0.104 e. The molecule has 0 radical (unpaired) electrons. The summed E-state index contributed by atoms with van der Waals surface area (Å²) in [7, 11) is 0. The van der Waals surface area contributed by atoms with E-state index in [4.69, 9.17) is 0 Å². The number of allylic oxidation sites excluding steroid dienone is 1. The molecule has 0 nitrogen and oxygen atoms in total. The topological polar surface area (TPSA) is 0 Å². The molecular formula is C6H8BrF3. The van der Waals surface area contributed by atoms with Gasteiger partial charge in [-0.05, 0) is 4.99 Å². The van der Waals surface area contributed by atoms with Gasteiger partial charge in [-0.3, -0.25) is 0 Å². The number of halogens is 4. The zero-order valence-electron chi connectivity index (χ0n) is 5.29. The van der Waals surface area contributed by atoms with Crippen LogP contribution in [0.2, 0.25) is 0 Å². The van der Waals surface area contributed by atoms with E-state index in [1.54, 1.807) is 0 Å². The maximum Gasteiger partial charge on any atom is 0.104 e. The van der Waals surface area contributed by atoms with Gasteiger partial charge >= 0.3 is 0 Å². The van der Waals surface area contributed by atoms with Crippen LogP contribution in [-0.4, -0.2) is 20.0 Å². The number of hydrogen-bond acceptors (Lipinski definition) is 0. The summed E-state index contributed by atoms with van der Waals surface area (Å²) in [6, 6.07) is 0. The van der Waals surface area contributed by atoms with Gasteiger partial charge in [0, 0.05) is 0 Å². The molecule has 0 aromatic heterocycles. The Morgan fingerprint density at radius 1 is 1.10 bits per heavy atom. The third-order valence-corrected chi connectivity index (χ3v) is 1.48. The van der Waals surface area contributed by atoms with Crippen LogP contribution in [0.15, 0.2) is 11.1 Å². The molecule has 10 heavy (non-hydrogen) atoms. The monoisotopic (exact) mass is 216 g/mol. The van der Waals surface area contributed by atoms with Crippen molar-refractivity contribution >= 4 is 15.9 Å². The lowest BCUT2D eigenvalue weighted by Gasteiger charge is -2.18. The summed E-state index contributed by atoms with van der Waals surface area (Å²) in [5.74, 6) is 0. The van der Waals surface area contributed by atoms with Crippen LogP contribution in [0.1, 0.15) is 0 Å². The van der Waals surface area contributed by atoms with Gasteiger partial charge in [-0.2, -0.15) is 0 Å². The van der Waals surface area contributed by atoms with E-state index in [1.807, 2.05) is 0 Å². The molecule has 0 spiro atoms. The fourth-order valence-electron chi connectivity index (χ4n) is 0.374. The summed E-state index contributed by atoms with van der Waals surface area (Å²) >= 11 is 2.83. The van der Waals surface area contributed by atoms with Gasteiger partial charge in [-0.1, -0.05) is 22.0 Å². The lowest BCUT2D eigenvalue weighted by Crippen LogP contribution is -2.25. The third-order valence-electron chi connectivity index (χ3n) is 1.21. The van der Waals surface area contributed by atoms with Crippen molar-refractivity contribution in [1.29, 1.82) is 0 Å².